The lowest BCUT2D eigenvalue weighted by atomic mass is 10.2. The summed E-state index contributed by atoms with van der Waals surface area (Å²) in [5, 5.41) is 7.95. The van der Waals surface area contributed by atoms with Crippen molar-refractivity contribution in [2.24, 2.45) is 0 Å². The van der Waals surface area contributed by atoms with Gasteiger partial charge >= 0.3 is 0 Å². The third-order valence-electron chi connectivity index (χ3n) is 3.99. The van der Waals surface area contributed by atoms with Gasteiger partial charge in [-0.25, -0.2) is 0 Å². The summed E-state index contributed by atoms with van der Waals surface area (Å²) in [6, 6.07) is 3.86. The van der Waals surface area contributed by atoms with Gasteiger partial charge in [-0.3, -0.25) is 0 Å². The van der Waals surface area contributed by atoms with Gasteiger partial charge < -0.3 is 28.0 Å². The van der Waals surface area contributed by atoms with Gasteiger partial charge in [-0.2, -0.15) is 0 Å². The SMILES string of the molecule is COCCCOCCc1cc(CCOCCCCOCc2cc(C)on2)on1. The number of unbranched alkanes of at least 4 members (excludes halogenated alkanes) is 1. The first-order valence-electron chi connectivity index (χ1n) is 9.86. The first-order chi connectivity index (χ1) is 13.8. The van der Waals surface area contributed by atoms with E-state index in [0.29, 0.717) is 39.6 Å². The lowest BCUT2D eigenvalue weighted by Crippen LogP contribution is -2.03. The van der Waals surface area contributed by atoms with E-state index in [1.54, 1.807) is 7.11 Å². The molecule has 0 saturated carbocycles. The Labute approximate surface area is 166 Å². The van der Waals surface area contributed by atoms with Crippen molar-refractivity contribution in [3.63, 3.8) is 0 Å². The van der Waals surface area contributed by atoms with Crippen molar-refractivity contribution in [1.82, 2.24) is 10.3 Å². The molecule has 2 rings (SSSR count). The molecular weight excluding hydrogens is 364 g/mol. The van der Waals surface area contributed by atoms with Crippen LogP contribution in [0.25, 0.3) is 0 Å². The minimum absolute atomic E-state index is 0.490. The summed E-state index contributed by atoms with van der Waals surface area (Å²) in [7, 11) is 1.69. The van der Waals surface area contributed by atoms with Gasteiger partial charge in [0.25, 0.3) is 0 Å². The normalized spacial score (nSPS) is 11.4. The lowest BCUT2D eigenvalue weighted by molar-refractivity contribution is 0.0923. The van der Waals surface area contributed by atoms with E-state index in [1.165, 1.54) is 0 Å². The average molecular weight is 396 g/mol. The monoisotopic (exact) mass is 396 g/mol. The van der Waals surface area contributed by atoms with Gasteiger partial charge in [-0.15, -0.1) is 0 Å². The van der Waals surface area contributed by atoms with E-state index < -0.39 is 0 Å². The second kappa shape index (κ2) is 14.3. The third-order valence-corrected chi connectivity index (χ3v) is 3.99. The topological polar surface area (TPSA) is 89.0 Å². The Bertz CT molecular complexity index is 628. The van der Waals surface area contributed by atoms with Crippen LogP contribution in [0.15, 0.2) is 21.2 Å². The van der Waals surface area contributed by atoms with Crippen LogP contribution in [0.5, 0.6) is 0 Å². The van der Waals surface area contributed by atoms with Crippen LogP contribution < -0.4 is 0 Å². The molecule has 0 bridgehead atoms. The van der Waals surface area contributed by atoms with E-state index in [1.807, 2.05) is 19.1 Å². The van der Waals surface area contributed by atoms with E-state index in [0.717, 1.165) is 61.6 Å². The summed E-state index contributed by atoms with van der Waals surface area (Å²) in [5.74, 6) is 1.65. The molecule has 0 atom stereocenters. The molecule has 2 aromatic rings. The number of hydrogen-bond donors (Lipinski definition) is 0. The number of methoxy groups -OCH3 is 1. The molecule has 158 valence electrons. The average Bonchev–Trinajstić information content (AvgIpc) is 3.32. The van der Waals surface area contributed by atoms with Gasteiger partial charge in [0.15, 0.2) is 0 Å². The molecule has 0 saturated heterocycles. The van der Waals surface area contributed by atoms with Gasteiger partial charge in [-0.05, 0) is 26.2 Å². The van der Waals surface area contributed by atoms with Crippen LogP contribution in [0, 0.1) is 6.92 Å². The first-order valence-corrected chi connectivity index (χ1v) is 9.86. The summed E-state index contributed by atoms with van der Waals surface area (Å²) in [6.07, 6.45) is 4.30. The zero-order valence-corrected chi connectivity index (χ0v) is 17.0. The fourth-order valence-corrected chi connectivity index (χ4v) is 2.52. The lowest BCUT2D eigenvalue weighted by Gasteiger charge is -2.03. The van der Waals surface area contributed by atoms with E-state index in [-0.39, 0.29) is 0 Å². The Morgan fingerprint density at radius 2 is 1.46 bits per heavy atom. The van der Waals surface area contributed by atoms with Crippen LogP contribution in [0.4, 0.5) is 0 Å². The minimum atomic E-state index is 0.490. The van der Waals surface area contributed by atoms with Crippen molar-refractivity contribution < 1.29 is 28.0 Å². The molecule has 28 heavy (non-hydrogen) atoms. The molecule has 0 aliphatic carbocycles. The zero-order chi connectivity index (χ0) is 19.9. The zero-order valence-electron chi connectivity index (χ0n) is 17.0. The molecule has 8 heteroatoms. The van der Waals surface area contributed by atoms with Gasteiger partial charge in [0.1, 0.15) is 17.2 Å². The molecule has 0 radical (unpaired) electrons. The molecular formula is C20H32N2O6. The highest BCUT2D eigenvalue weighted by atomic mass is 16.5. The number of aryl methyl sites for hydroxylation is 1. The molecule has 0 amide bonds. The number of rotatable bonds is 17. The number of nitrogens with zero attached hydrogens (tertiary/aromatic N) is 2. The Hall–Kier alpha value is -1.74. The van der Waals surface area contributed by atoms with Crippen molar-refractivity contribution in [3.8, 4) is 0 Å². The van der Waals surface area contributed by atoms with Crippen LogP contribution in [0.2, 0.25) is 0 Å². The predicted octanol–water partition coefficient (Wildman–Crippen LogP) is 3.12. The quantitative estimate of drug-likeness (QED) is 0.377. The summed E-state index contributed by atoms with van der Waals surface area (Å²) in [5.41, 5.74) is 1.75. The molecule has 0 unspecified atom stereocenters. The maximum absolute atomic E-state index is 5.64. The van der Waals surface area contributed by atoms with Crippen molar-refractivity contribution in [1.29, 1.82) is 0 Å². The highest BCUT2D eigenvalue weighted by molar-refractivity contribution is 5.05. The molecule has 2 aromatic heterocycles. The van der Waals surface area contributed by atoms with Crippen LogP contribution >= 0.6 is 0 Å². The van der Waals surface area contributed by atoms with Crippen molar-refractivity contribution in [3.05, 3.63) is 35.0 Å². The molecule has 2 heterocycles. The maximum atomic E-state index is 5.64. The molecule has 0 spiro atoms. The third kappa shape index (κ3) is 9.98. The first kappa shape index (κ1) is 22.5. The Balaban J connectivity index is 1.40. The summed E-state index contributed by atoms with van der Waals surface area (Å²) < 4.78 is 32.0. The van der Waals surface area contributed by atoms with Crippen LogP contribution in [-0.2, 0) is 38.4 Å². The fraction of sp³-hybridized carbons (Fsp3) is 0.700. The molecule has 0 aliphatic rings. The van der Waals surface area contributed by atoms with Crippen LogP contribution in [-0.4, -0.2) is 57.1 Å². The maximum Gasteiger partial charge on any atom is 0.139 e. The smallest absolute Gasteiger partial charge is 0.139 e. The molecule has 8 nitrogen and oxygen atoms in total. The predicted molar refractivity (Wildman–Crippen MR) is 102 cm³/mol. The van der Waals surface area contributed by atoms with E-state index >= 15 is 0 Å². The van der Waals surface area contributed by atoms with E-state index in [4.69, 9.17) is 28.0 Å². The van der Waals surface area contributed by atoms with Gasteiger partial charge in [0.2, 0.25) is 0 Å². The summed E-state index contributed by atoms with van der Waals surface area (Å²) >= 11 is 0. The molecule has 0 aromatic carbocycles. The molecule has 0 fully saturated rings. The van der Waals surface area contributed by atoms with Crippen molar-refractivity contribution >= 4 is 0 Å². The Kier molecular flexibility index (Phi) is 11.5. The second-order valence-corrected chi connectivity index (χ2v) is 6.54. The highest BCUT2D eigenvalue weighted by Crippen LogP contribution is 2.07. The Morgan fingerprint density at radius 1 is 0.750 bits per heavy atom. The largest absolute Gasteiger partial charge is 0.385 e. The number of aromatic nitrogens is 2. The van der Waals surface area contributed by atoms with Crippen molar-refractivity contribution in [2.45, 2.75) is 45.6 Å². The summed E-state index contributed by atoms with van der Waals surface area (Å²) in [6.45, 7) is 6.46. The fourth-order valence-electron chi connectivity index (χ4n) is 2.52. The molecule has 0 N–H and O–H groups in total. The minimum Gasteiger partial charge on any atom is -0.385 e. The standard InChI is InChI=1S/C20H32N2O6/c1-17-14-19(22-27-17)16-26-10-4-3-9-24-13-7-20-15-18(21-28-20)6-12-25-11-5-8-23-2/h14-15H,3-13,16H2,1-2H3. The Morgan fingerprint density at radius 3 is 2.21 bits per heavy atom. The highest BCUT2D eigenvalue weighted by Gasteiger charge is 2.05. The summed E-state index contributed by atoms with van der Waals surface area (Å²) in [4.78, 5) is 0. The second-order valence-electron chi connectivity index (χ2n) is 6.54. The van der Waals surface area contributed by atoms with E-state index in [9.17, 15) is 0 Å². The van der Waals surface area contributed by atoms with Gasteiger partial charge in [0, 0.05) is 58.5 Å². The van der Waals surface area contributed by atoms with Crippen LogP contribution in [0.3, 0.4) is 0 Å². The number of hydrogen-bond acceptors (Lipinski definition) is 8. The molecule has 0 aliphatic heterocycles. The van der Waals surface area contributed by atoms with Crippen molar-refractivity contribution in [2.75, 3.05) is 46.8 Å². The van der Waals surface area contributed by atoms with Gasteiger partial charge in [-0.1, -0.05) is 10.3 Å². The number of ether oxygens (including phenoxy) is 4. The van der Waals surface area contributed by atoms with Crippen LogP contribution in [0.1, 0.15) is 42.2 Å². The van der Waals surface area contributed by atoms with Gasteiger partial charge in [0.05, 0.1) is 25.5 Å². The van der Waals surface area contributed by atoms with E-state index in [2.05, 4.69) is 10.3 Å².